The Morgan fingerprint density at radius 2 is 0.759 bits per heavy atom. The summed E-state index contributed by atoms with van der Waals surface area (Å²) in [5, 5.41) is 11.1. The van der Waals surface area contributed by atoms with Crippen molar-refractivity contribution in [3.8, 4) is 73.1 Å². The molecule has 0 aliphatic heterocycles. The summed E-state index contributed by atoms with van der Waals surface area (Å²) >= 11 is 0. The average Bonchev–Trinajstić information content (AvgIpc) is 3.88. The van der Waals surface area contributed by atoms with Crippen LogP contribution in [0.4, 0.5) is 0 Å². The van der Waals surface area contributed by atoms with Gasteiger partial charge in [0.15, 0.2) is 0 Å². The molecule has 0 bridgehead atoms. The molecule has 54 heavy (non-hydrogen) atoms. The van der Waals surface area contributed by atoms with Gasteiger partial charge in [0.2, 0.25) is 11.8 Å². The number of rotatable bonds is 7. The van der Waals surface area contributed by atoms with Crippen molar-refractivity contribution in [2.75, 3.05) is 0 Å². The molecule has 0 amide bonds. The largest absolute Gasteiger partial charge is 0.416 e. The molecule has 4 nitrogen and oxygen atoms in total. The summed E-state index contributed by atoms with van der Waals surface area (Å²) in [7, 11) is 0. The minimum atomic E-state index is 0.499. The molecule has 0 aliphatic rings. The maximum Gasteiger partial charge on any atom is 0.248 e. The lowest BCUT2D eigenvalue weighted by Gasteiger charge is -2.16. The summed E-state index contributed by atoms with van der Waals surface area (Å²) in [5.41, 5.74) is 14.7. The molecule has 0 aliphatic carbocycles. The third-order valence-electron chi connectivity index (χ3n) is 10.2. The van der Waals surface area contributed by atoms with E-state index in [0.717, 1.165) is 22.3 Å². The van der Waals surface area contributed by atoms with Crippen molar-refractivity contribution in [2.24, 2.45) is 0 Å². The van der Waals surface area contributed by atoms with E-state index < -0.39 is 0 Å². The maximum atomic E-state index is 6.05. The molecule has 0 N–H and O–H groups in total. The molecule has 0 spiro atoms. The van der Waals surface area contributed by atoms with Crippen LogP contribution in [0.2, 0.25) is 0 Å². The van der Waals surface area contributed by atoms with Gasteiger partial charge in [-0.2, -0.15) is 0 Å². The van der Waals surface area contributed by atoms with Crippen LogP contribution in [-0.4, -0.2) is 14.8 Å². The molecular formula is C50H33N3O. The number of nitrogens with zero attached hydrogens (tertiary/aromatic N) is 3. The van der Waals surface area contributed by atoms with Crippen molar-refractivity contribution in [3.63, 3.8) is 0 Å². The Kier molecular flexibility index (Phi) is 7.77. The SMILES string of the molecule is c1ccc(-c2nnc(-c3ccc(-c4ccccc4-c4ccccc4-c4ccc5c(c4)c4ccccc4n5-c4ccccc4-c4ccccc4)cc3)o2)cc1. The predicted octanol–water partition coefficient (Wildman–Crippen LogP) is 13.2. The topological polar surface area (TPSA) is 43.9 Å². The number of hydrogen-bond acceptors (Lipinski definition) is 3. The fourth-order valence-electron chi connectivity index (χ4n) is 7.70. The summed E-state index contributed by atoms with van der Waals surface area (Å²) in [6.07, 6.45) is 0. The molecular weight excluding hydrogens is 659 g/mol. The summed E-state index contributed by atoms with van der Waals surface area (Å²) in [4.78, 5) is 0. The van der Waals surface area contributed by atoms with E-state index in [4.69, 9.17) is 4.42 Å². The highest BCUT2D eigenvalue weighted by Crippen LogP contribution is 2.42. The van der Waals surface area contributed by atoms with Crippen molar-refractivity contribution in [3.05, 3.63) is 200 Å². The van der Waals surface area contributed by atoms with E-state index in [2.05, 4.69) is 185 Å². The molecule has 0 unspecified atom stereocenters. The van der Waals surface area contributed by atoms with Gasteiger partial charge in [0.1, 0.15) is 0 Å². The predicted molar refractivity (Wildman–Crippen MR) is 221 cm³/mol. The van der Waals surface area contributed by atoms with Gasteiger partial charge in [-0.1, -0.05) is 152 Å². The van der Waals surface area contributed by atoms with Gasteiger partial charge in [-0.3, -0.25) is 0 Å². The van der Waals surface area contributed by atoms with Crippen LogP contribution in [0.15, 0.2) is 205 Å². The molecule has 8 aromatic carbocycles. The van der Waals surface area contributed by atoms with Crippen molar-refractivity contribution in [1.82, 2.24) is 14.8 Å². The third kappa shape index (κ3) is 5.49. The monoisotopic (exact) mass is 691 g/mol. The fourth-order valence-corrected chi connectivity index (χ4v) is 7.70. The van der Waals surface area contributed by atoms with E-state index in [1.807, 2.05) is 30.3 Å². The molecule has 2 heterocycles. The van der Waals surface area contributed by atoms with E-state index in [1.165, 1.54) is 60.9 Å². The van der Waals surface area contributed by atoms with Gasteiger partial charge >= 0.3 is 0 Å². The van der Waals surface area contributed by atoms with Crippen LogP contribution in [0.3, 0.4) is 0 Å². The first-order valence-electron chi connectivity index (χ1n) is 18.2. The number of benzene rings is 8. The van der Waals surface area contributed by atoms with Gasteiger partial charge < -0.3 is 8.98 Å². The zero-order valence-corrected chi connectivity index (χ0v) is 29.3. The Balaban J connectivity index is 1.05. The molecule has 0 saturated heterocycles. The van der Waals surface area contributed by atoms with Crippen molar-refractivity contribution < 1.29 is 4.42 Å². The van der Waals surface area contributed by atoms with Gasteiger partial charge in [0.25, 0.3) is 0 Å². The van der Waals surface area contributed by atoms with Gasteiger partial charge in [0.05, 0.1) is 16.7 Å². The quantitative estimate of drug-likeness (QED) is 0.167. The van der Waals surface area contributed by atoms with Crippen LogP contribution in [0, 0.1) is 0 Å². The Bertz CT molecular complexity index is 2920. The second-order valence-electron chi connectivity index (χ2n) is 13.4. The van der Waals surface area contributed by atoms with Crippen molar-refractivity contribution >= 4 is 21.8 Å². The Morgan fingerprint density at radius 1 is 0.315 bits per heavy atom. The highest BCUT2D eigenvalue weighted by Gasteiger charge is 2.18. The molecule has 10 rings (SSSR count). The normalized spacial score (nSPS) is 11.3. The molecule has 254 valence electrons. The van der Waals surface area contributed by atoms with E-state index >= 15 is 0 Å². The maximum absolute atomic E-state index is 6.05. The van der Waals surface area contributed by atoms with Crippen LogP contribution < -0.4 is 0 Å². The molecule has 10 aromatic rings. The van der Waals surface area contributed by atoms with Gasteiger partial charge in [-0.05, 0) is 87.5 Å². The van der Waals surface area contributed by atoms with E-state index in [1.54, 1.807) is 0 Å². The lowest BCUT2D eigenvalue weighted by Crippen LogP contribution is -1.97. The lowest BCUT2D eigenvalue weighted by molar-refractivity contribution is 0.584. The molecule has 4 heteroatoms. The van der Waals surface area contributed by atoms with Gasteiger partial charge in [0, 0.05) is 27.5 Å². The lowest BCUT2D eigenvalue weighted by atomic mass is 9.89. The molecule has 0 atom stereocenters. The zero-order valence-electron chi connectivity index (χ0n) is 29.3. The molecule has 0 fully saturated rings. The first-order chi connectivity index (χ1) is 26.8. The van der Waals surface area contributed by atoms with Gasteiger partial charge in [-0.25, -0.2) is 0 Å². The number of hydrogen-bond donors (Lipinski definition) is 0. The molecule has 2 aromatic heterocycles. The average molecular weight is 692 g/mol. The smallest absolute Gasteiger partial charge is 0.248 e. The minimum Gasteiger partial charge on any atom is -0.416 e. The first kappa shape index (κ1) is 31.4. The minimum absolute atomic E-state index is 0.499. The highest BCUT2D eigenvalue weighted by molar-refractivity contribution is 6.11. The molecule has 0 radical (unpaired) electrons. The van der Waals surface area contributed by atoms with Crippen LogP contribution in [-0.2, 0) is 0 Å². The Hall–Kier alpha value is -7.30. The van der Waals surface area contributed by atoms with E-state index in [0.29, 0.717) is 11.8 Å². The van der Waals surface area contributed by atoms with Crippen molar-refractivity contribution in [1.29, 1.82) is 0 Å². The van der Waals surface area contributed by atoms with Crippen molar-refractivity contribution in [2.45, 2.75) is 0 Å². The fraction of sp³-hybridized carbons (Fsp3) is 0. The Morgan fingerprint density at radius 3 is 1.44 bits per heavy atom. The number of aromatic nitrogens is 3. The standard InChI is InChI=1S/C50H33N3O/c1-3-15-34(16-4-1)41-21-11-13-25-46(41)53-47-26-14-12-24-44(47)45-33-38(31-32-48(45)53)40-20-8-10-23-43(40)42-22-9-7-19-39(42)35-27-29-37(30-28-35)50-52-51-49(54-50)36-17-5-2-6-18-36/h1-33H. The second kappa shape index (κ2) is 13.4. The zero-order chi connectivity index (χ0) is 35.8. The number of para-hydroxylation sites is 2. The van der Waals surface area contributed by atoms with E-state index in [9.17, 15) is 0 Å². The van der Waals surface area contributed by atoms with Crippen LogP contribution in [0.25, 0.3) is 94.9 Å². The molecule has 0 saturated carbocycles. The first-order valence-corrected chi connectivity index (χ1v) is 18.2. The summed E-state index contributed by atoms with van der Waals surface area (Å²) in [5.74, 6) is 1.01. The Labute approximate surface area is 313 Å². The summed E-state index contributed by atoms with van der Waals surface area (Å²) in [6, 6.07) is 70.6. The van der Waals surface area contributed by atoms with E-state index in [-0.39, 0.29) is 0 Å². The van der Waals surface area contributed by atoms with Crippen LogP contribution in [0.5, 0.6) is 0 Å². The second-order valence-corrected chi connectivity index (χ2v) is 13.4. The third-order valence-corrected chi connectivity index (χ3v) is 10.2. The van der Waals surface area contributed by atoms with Crippen LogP contribution >= 0.6 is 0 Å². The van der Waals surface area contributed by atoms with Crippen LogP contribution in [0.1, 0.15) is 0 Å². The number of fused-ring (bicyclic) bond motifs is 3. The van der Waals surface area contributed by atoms with Gasteiger partial charge in [-0.15, -0.1) is 10.2 Å². The highest BCUT2D eigenvalue weighted by atomic mass is 16.4. The summed E-state index contributed by atoms with van der Waals surface area (Å²) < 4.78 is 8.46. The summed E-state index contributed by atoms with van der Waals surface area (Å²) in [6.45, 7) is 0.